The molecule has 0 fully saturated rings. The Balaban J connectivity index is 1.80. The number of thiophene rings is 1. The van der Waals surface area contributed by atoms with Crippen LogP contribution >= 0.6 is 27.3 Å². The molecule has 3 nitrogen and oxygen atoms in total. The summed E-state index contributed by atoms with van der Waals surface area (Å²) in [5.74, 6) is -0.0294. The van der Waals surface area contributed by atoms with E-state index >= 15 is 0 Å². The molecular formula is C19H17BrN2OS. The summed E-state index contributed by atoms with van der Waals surface area (Å²) in [5.41, 5.74) is 10.0. The van der Waals surface area contributed by atoms with Gasteiger partial charge >= 0.3 is 0 Å². The van der Waals surface area contributed by atoms with E-state index in [9.17, 15) is 4.79 Å². The van der Waals surface area contributed by atoms with Gasteiger partial charge in [0.2, 0.25) is 5.78 Å². The quantitative estimate of drug-likeness (QED) is 0.478. The van der Waals surface area contributed by atoms with E-state index in [0.717, 1.165) is 27.5 Å². The minimum atomic E-state index is -0.0294. The highest BCUT2D eigenvalue weighted by Gasteiger charge is 2.21. The number of anilines is 1. The van der Waals surface area contributed by atoms with Crippen LogP contribution in [-0.2, 0) is 12.8 Å². The molecule has 0 atom stereocenters. The molecule has 0 saturated heterocycles. The van der Waals surface area contributed by atoms with Crippen LogP contribution in [0.3, 0.4) is 0 Å². The Labute approximate surface area is 153 Å². The van der Waals surface area contributed by atoms with Gasteiger partial charge in [0, 0.05) is 21.1 Å². The Bertz CT molecular complexity index is 931. The summed E-state index contributed by atoms with van der Waals surface area (Å²) in [6, 6.07) is 9.54. The SMILES string of the molecule is Nc1c(C(=O)c2ccc(Br)cc2)sc2nc3c(cc12)CCCCC3. The number of rotatable bonds is 2. The fraction of sp³-hybridized carbons (Fsp3) is 0.263. The van der Waals surface area contributed by atoms with E-state index in [0.29, 0.717) is 16.1 Å². The van der Waals surface area contributed by atoms with Crippen LogP contribution in [0.5, 0.6) is 0 Å². The van der Waals surface area contributed by atoms with Gasteiger partial charge in [-0.15, -0.1) is 11.3 Å². The molecule has 1 aliphatic rings. The summed E-state index contributed by atoms with van der Waals surface area (Å²) in [7, 11) is 0. The summed E-state index contributed by atoms with van der Waals surface area (Å²) in [6.45, 7) is 0. The molecule has 2 heterocycles. The summed E-state index contributed by atoms with van der Waals surface area (Å²) in [4.78, 5) is 19.1. The van der Waals surface area contributed by atoms with Gasteiger partial charge in [-0.2, -0.15) is 0 Å². The molecule has 2 aromatic heterocycles. The number of aromatic nitrogens is 1. The number of benzene rings is 1. The first-order valence-electron chi connectivity index (χ1n) is 8.14. The number of aryl methyl sites for hydroxylation is 2. The van der Waals surface area contributed by atoms with E-state index in [2.05, 4.69) is 22.0 Å². The molecule has 0 spiro atoms. The average molecular weight is 401 g/mol. The lowest BCUT2D eigenvalue weighted by Gasteiger charge is -2.04. The molecule has 5 heteroatoms. The van der Waals surface area contributed by atoms with Gasteiger partial charge in [0.05, 0.1) is 5.69 Å². The van der Waals surface area contributed by atoms with E-state index in [4.69, 9.17) is 10.7 Å². The number of hydrogen-bond donors (Lipinski definition) is 1. The zero-order chi connectivity index (χ0) is 16.7. The van der Waals surface area contributed by atoms with Crippen molar-refractivity contribution in [2.24, 2.45) is 0 Å². The molecule has 0 radical (unpaired) electrons. The van der Waals surface area contributed by atoms with Crippen LogP contribution in [0.2, 0.25) is 0 Å². The van der Waals surface area contributed by atoms with Crippen molar-refractivity contribution in [2.45, 2.75) is 32.1 Å². The second kappa shape index (κ2) is 6.30. The predicted octanol–water partition coefficient (Wildman–Crippen LogP) is 5.14. The van der Waals surface area contributed by atoms with Gasteiger partial charge in [0.1, 0.15) is 9.71 Å². The van der Waals surface area contributed by atoms with Crippen LogP contribution in [0.25, 0.3) is 10.2 Å². The van der Waals surface area contributed by atoms with E-state index in [1.54, 1.807) is 0 Å². The lowest BCUT2D eigenvalue weighted by molar-refractivity contribution is 0.104. The van der Waals surface area contributed by atoms with E-state index in [-0.39, 0.29) is 5.78 Å². The van der Waals surface area contributed by atoms with Crippen molar-refractivity contribution in [3.63, 3.8) is 0 Å². The second-order valence-corrected chi connectivity index (χ2v) is 8.10. The maximum atomic E-state index is 12.8. The predicted molar refractivity (Wildman–Crippen MR) is 103 cm³/mol. The Morgan fingerprint density at radius 2 is 1.88 bits per heavy atom. The highest BCUT2D eigenvalue weighted by Crippen LogP contribution is 2.36. The first-order valence-corrected chi connectivity index (χ1v) is 9.75. The van der Waals surface area contributed by atoms with Crippen molar-refractivity contribution in [1.29, 1.82) is 0 Å². The van der Waals surface area contributed by atoms with Crippen molar-refractivity contribution >= 4 is 49.0 Å². The molecule has 24 heavy (non-hydrogen) atoms. The molecular weight excluding hydrogens is 384 g/mol. The van der Waals surface area contributed by atoms with Gasteiger partial charge < -0.3 is 5.73 Å². The Morgan fingerprint density at radius 3 is 2.67 bits per heavy atom. The fourth-order valence-electron chi connectivity index (χ4n) is 3.24. The second-order valence-electron chi connectivity index (χ2n) is 6.19. The molecule has 0 bridgehead atoms. The minimum Gasteiger partial charge on any atom is -0.397 e. The molecule has 4 rings (SSSR count). The van der Waals surface area contributed by atoms with Crippen LogP contribution in [0.15, 0.2) is 34.8 Å². The van der Waals surface area contributed by atoms with E-state index in [1.165, 1.54) is 41.9 Å². The number of ketones is 1. The van der Waals surface area contributed by atoms with Crippen molar-refractivity contribution < 1.29 is 4.79 Å². The lowest BCUT2D eigenvalue weighted by Crippen LogP contribution is -2.01. The highest BCUT2D eigenvalue weighted by atomic mass is 79.9. The smallest absolute Gasteiger partial charge is 0.205 e. The van der Waals surface area contributed by atoms with Crippen LogP contribution < -0.4 is 5.73 Å². The monoisotopic (exact) mass is 400 g/mol. The van der Waals surface area contributed by atoms with Crippen molar-refractivity contribution in [2.75, 3.05) is 5.73 Å². The molecule has 2 N–H and O–H groups in total. The highest BCUT2D eigenvalue weighted by molar-refractivity contribution is 9.10. The number of carbonyl (C=O) groups is 1. The number of nitrogens with zero attached hydrogens (tertiary/aromatic N) is 1. The molecule has 0 amide bonds. The minimum absolute atomic E-state index is 0.0294. The number of nitrogen functional groups attached to an aromatic ring is 1. The third kappa shape index (κ3) is 2.76. The van der Waals surface area contributed by atoms with E-state index in [1.807, 2.05) is 24.3 Å². The summed E-state index contributed by atoms with van der Waals surface area (Å²) >= 11 is 4.81. The Hall–Kier alpha value is -1.72. The number of hydrogen-bond acceptors (Lipinski definition) is 4. The zero-order valence-corrected chi connectivity index (χ0v) is 15.5. The van der Waals surface area contributed by atoms with Crippen LogP contribution in [-0.4, -0.2) is 10.8 Å². The Kier molecular flexibility index (Phi) is 4.14. The largest absolute Gasteiger partial charge is 0.397 e. The first-order chi connectivity index (χ1) is 11.6. The molecule has 1 aliphatic carbocycles. The van der Waals surface area contributed by atoms with Crippen LogP contribution in [0.1, 0.15) is 45.8 Å². The topological polar surface area (TPSA) is 56.0 Å². The number of halogens is 1. The number of fused-ring (bicyclic) bond motifs is 2. The number of nitrogens with two attached hydrogens (primary N) is 1. The fourth-order valence-corrected chi connectivity index (χ4v) is 4.56. The van der Waals surface area contributed by atoms with Gasteiger partial charge in [-0.25, -0.2) is 4.98 Å². The lowest BCUT2D eigenvalue weighted by atomic mass is 10.1. The average Bonchev–Trinajstić information content (AvgIpc) is 2.76. The summed E-state index contributed by atoms with van der Waals surface area (Å²) < 4.78 is 0.953. The van der Waals surface area contributed by atoms with Gasteiger partial charge in [-0.1, -0.05) is 22.4 Å². The van der Waals surface area contributed by atoms with Gasteiger partial charge in [-0.3, -0.25) is 4.79 Å². The van der Waals surface area contributed by atoms with Gasteiger partial charge in [0.15, 0.2) is 0 Å². The molecule has 122 valence electrons. The third-order valence-electron chi connectivity index (χ3n) is 4.56. The molecule has 1 aromatic carbocycles. The number of pyridine rings is 1. The van der Waals surface area contributed by atoms with E-state index < -0.39 is 0 Å². The summed E-state index contributed by atoms with van der Waals surface area (Å²) in [5, 5.41) is 0.932. The third-order valence-corrected chi connectivity index (χ3v) is 6.20. The van der Waals surface area contributed by atoms with Crippen molar-refractivity contribution in [3.05, 3.63) is 56.5 Å². The normalized spacial score (nSPS) is 14.4. The maximum absolute atomic E-state index is 12.8. The van der Waals surface area contributed by atoms with Gasteiger partial charge in [0.25, 0.3) is 0 Å². The van der Waals surface area contributed by atoms with Crippen molar-refractivity contribution in [1.82, 2.24) is 4.98 Å². The molecule has 3 aromatic rings. The molecule has 0 unspecified atom stereocenters. The maximum Gasteiger partial charge on any atom is 0.205 e. The standard InChI is InChI=1S/C19H17BrN2OS/c20-13-8-6-11(7-9-13)17(23)18-16(21)14-10-12-4-2-1-3-5-15(12)22-19(14)24-18/h6-10H,1-5,21H2. The first kappa shape index (κ1) is 15.8. The Morgan fingerprint density at radius 1 is 1.12 bits per heavy atom. The zero-order valence-electron chi connectivity index (χ0n) is 13.1. The van der Waals surface area contributed by atoms with Crippen molar-refractivity contribution in [3.8, 4) is 0 Å². The molecule has 0 aliphatic heterocycles. The number of carbonyl (C=O) groups excluding carboxylic acids is 1. The van der Waals surface area contributed by atoms with Crippen LogP contribution in [0, 0.1) is 0 Å². The van der Waals surface area contributed by atoms with Gasteiger partial charge in [-0.05, 0) is 61.6 Å². The molecule has 0 saturated carbocycles. The summed E-state index contributed by atoms with van der Waals surface area (Å²) in [6.07, 6.45) is 5.74. The van der Waals surface area contributed by atoms with Crippen LogP contribution in [0.4, 0.5) is 5.69 Å².